The summed E-state index contributed by atoms with van der Waals surface area (Å²) in [5.41, 5.74) is 2.39. The lowest BCUT2D eigenvalue weighted by Gasteiger charge is -2.25. The molecule has 2 aromatic rings. The van der Waals surface area contributed by atoms with Gasteiger partial charge in [0.25, 0.3) is 5.91 Å². The Kier molecular flexibility index (Phi) is 5.36. The number of benzene rings is 2. The lowest BCUT2D eigenvalue weighted by molar-refractivity contribution is 0.102. The minimum absolute atomic E-state index is 0.133. The number of rotatable bonds is 5. The van der Waals surface area contributed by atoms with Crippen LogP contribution in [0.4, 0.5) is 11.4 Å². The van der Waals surface area contributed by atoms with Gasteiger partial charge in [0.05, 0.1) is 18.5 Å². The maximum absolute atomic E-state index is 12.5. The predicted octanol–water partition coefficient (Wildman–Crippen LogP) is 4.69. The van der Waals surface area contributed by atoms with Crippen LogP contribution in [0.3, 0.4) is 0 Å². The van der Waals surface area contributed by atoms with Crippen LogP contribution in [0.15, 0.2) is 48.5 Å². The maximum Gasteiger partial charge on any atom is 0.255 e. The summed E-state index contributed by atoms with van der Waals surface area (Å²) >= 11 is 0. The van der Waals surface area contributed by atoms with Crippen molar-refractivity contribution in [1.29, 1.82) is 0 Å². The molecule has 1 saturated carbocycles. The molecule has 4 nitrogen and oxygen atoms in total. The first kappa shape index (κ1) is 16.4. The molecule has 3 rings (SSSR count). The zero-order chi connectivity index (χ0) is 16.8. The molecule has 0 heterocycles. The van der Waals surface area contributed by atoms with Crippen molar-refractivity contribution in [2.45, 2.75) is 38.1 Å². The molecule has 0 aromatic heterocycles. The van der Waals surface area contributed by atoms with E-state index in [0.29, 0.717) is 17.4 Å². The highest BCUT2D eigenvalue weighted by Crippen LogP contribution is 2.27. The number of nitrogens with one attached hydrogen (secondary N) is 2. The number of anilines is 2. The van der Waals surface area contributed by atoms with Crippen LogP contribution in [0.1, 0.15) is 42.5 Å². The van der Waals surface area contributed by atoms with E-state index in [1.807, 2.05) is 36.4 Å². The summed E-state index contributed by atoms with van der Waals surface area (Å²) < 4.78 is 5.19. The van der Waals surface area contributed by atoms with Crippen molar-refractivity contribution in [3.8, 4) is 5.75 Å². The van der Waals surface area contributed by atoms with Crippen LogP contribution in [-0.4, -0.2) is 19.1 Å². The molecular formula is C20H24N2O2. The smallest absolute Gasteiger partial charge is 0.255 e. The molecule has 0 saturated heterocycles. The number of hydrogen-bond acceptors (Lipinski definition) is 3. The Bertz CT molecular complexity index is 694. The molecule has 2 aromatic carbocycles. The van der Waals surface area contributed by atoms with Gasteiger partial charge in [-0.2, -0.15) is 0 Å². The Morgan fingerprint density at radius 3 is 2.50 bits per heavy atom. The average molecular weight is 324 g/mol. The van der Waals surface area contributed by atoms with E-state index < -0.39 is 0 Å². The number of hydrogen-bond donors (Lipinski definition) is 2. The van der Waals surface area contributed by atoms with E-state index in [9.17, 15) is 4.79 Å². The summed E-state index contributed by atoms with van der Waals surface area (Å²) in [6.45, 7) is 0. The van der Waals surface area contributed by atoms with Crippen molar-refractivity contribution in [3.05, 3.63) is 54.1 Å². The molecule has 1 aliphatic rings. The van der Waals surface area contributed by atoms with E-state index in [-0.39, 0.29) is 5.91 Å². The van der Waals surface area contributed by atoms with Gasteiger partial charge >= 0.3 is 0 Å². The van der Waals surface area contributed by atoms with Gasteiger partial charge in [-0.15, -0.1) is 0 Å². The lowest BCUT2D eigenvalue weighted by atomic mass is 9.95. The van der Waals surface area contributed by atoms with E-state index in [0.717, 1.165) is 11.4 Å². The summed E-state index contributed by atoms with van der Waals surface area (Å²) in [6, 6.07) is 15.6. The van der Waals surface area contributed by atoms with Crippen LogP contribution in [0.25, 0.3) is 0 Å². The first-order valence-electron chi connectivity index (χ1n) is 8.57. The van der Waals surface area contributed by atoms with E-state index >= 15 is 0 Å². The van der Waals surface area contributed by atoms with Crippen LogP contribution in [0.5, 0.6) is 5.75 Å². The molecule has 0 radical (unpaired) electrons. The topological polar surface area (TPSA) is 50.4 Å². The van der Waals surface area contributed by atoms with Crippen molar-refractivity contribution < 1.29 is 9.53 Å². The first-order valence-corrected chi connectivity index (χ1v) is 8.57. The van der Waals surface area contributed by atoms with Gasteiger partial charge in [0.15, 0.2) is 0 Å². The summed E-state index contributed by atoms with van der Waals surface area (Å²) in [7, 11) is 1.60. The van der Waals surface area contributed by atoms with Crippen LogP contribution < -0.4 is 15.4 Å². The monoisotopic (exact) mass is 324 g/mol. The second-order valence-corrected chi connectivity index (χ2v) is 6.21. The Balaban J connectivity index is 1.73. The third kappa shape index (κ3) is 4.07. The molecule has 0 atom stereocenters. The molecule has 0 unspecified atom stereocenters. The number of amides is 1. The second kappa shape index (κ2) is 7.86. The number of carbonyl (C=O) groups is 1. The summed E-state index contributed by atoms with van der Waals surface area (Å²) in [5.74, 6) is 0.544. The molecule has 1 fully saturated rings. The Morgan fingerprint density at radius 1 is 1.00 bits per heavy atom. The van der Waals surface area contributed by atoms with Crippen molar-refractivity contribution in [2.24, 2.45) is 0 Å². The van der Waals surface area contributed by atoms with Gasteiger partial charge in [0.1, 0.15) is 5.75 Å². The number of para-hydroxylation sites is 2. The van der Waals surface area contributed by atoms with Gasteiger partial charge in [-0.3, -0.25) is 4.79 Å². The Morgan fingerprint density at radius 2 is 1.75 bits per heavy atom. The molecule has 1 amide bonds. The van der Waals surface area contributed by atoms with Crippen molar-refractivity contribution >= 4 is 17.3 Å². The summed E-state index contributed by atoms with van der Waals surface area (Å²) in [5, 5.41) is 6.60. The summed E-state index contributed by atoms with van der Waals surface area (Å²) in [6.07, 6.45) is 6.26. The standard InChI is InChI=1S/C20H24N2O2/c1-24-17-11-7-8-15(14-17)20(23)22-19-13-6-5-12-18(19)21-16-9-3-2-4-10-16/h5-8,11-14,16,21H,2-4,9-10H2,1H3,(H,22,23). The van der Waals surface area contributed by atoms with Crippen LogP contribution in [0, 0.1) is 0 Å². The van der Waals surface area contributed by atoms with E-state index in [2.05, 4.69) is 10.6 Å². The van der Waals surface area contributed by atoms with E-state index in [1.165, 1.54) is 32.1 Å². The van der Waals surface area contributed by atoms with Gasteiger partial charge in [-0.25, -0.2) is 0 Å². The number of ether oxygens (including phenoxy) is 1. The van der Waals surface area contributed by atoms with E-state index in [1.54, 1.807) is 19.2 Å². The fourth-order valence-corrected chi connectivity index (χ4v) is 3.14. The van der Waals surface area contributed by atoms with Gasteiger partial charge in [-0.05, 0) is 43.2 Å². The number of methoxy groups -OCH3 is 1. The predicted molar refractivity (Wildman–Crippen MR) is 97.9 cm³/mol. The number of carbonyl (C=O) groups excluding carboxylic acids is 1. The Labute approximate surface area is 143 Å². The Hall–Kier alpha value is -2.49. The largest absolute Gasteiger partial charge is 0.497 e. The minimum atomic E-state index is -0.133. The fourth-order valence-electron chi connectivity index (χ4n) is 3.14. The molecule has 0 aliphatic heterocycles. The van der Waals surface area contributed by atoms with E-state index in [4.69, 9.17) is 4.74 Å². The zero-order valence-electron chi connectivity index (χ0n) is 14.0. The first-order chi connectivity index (χ1) is 11.8. The van der Waals surface area contributed by atoms with Gasteiger partial charge < -0.3 is 15.4 Å². The van der Waals surface area contributed by atoms with Gasteiger partial charge in [0, 0.05) is 11.6 Å². The second-order valence-electron chi connectivity index (χ2n) is 6.21. The highest BCUT2D eigenvalue weighted by atomic mass is 16.5. The molecule has 126 valence electrons. The molecule has 1 aliphatic carbocycles. The van der Waals surface area contributed by atoms with Gasteiger partial charge in [0.2, 0.25) is 0 Å². The van der Waals surface area contributed by atoms with Gasteiger partial charge in [-0.1, -0.05) is 37.5 Å². The minimum Gasteiger partial charge on any atom is -0.497 e. The third-order valence-electron chi connectivity index (χ3n) is 4.47. The van der Waals surface area contributed by atoms with Crippen LogP contribution in [0.2, 0.25) is 0 Å². The molecule has 4 heteroatoms. The third-order valence-corrected chi connectivity index (χ3v) is 4.47. The molecule has 2 N–H and O–H groups in total. The summed E-state index contributed by atoms with van der Waals surface area (Å²) in [4.78, 5) is 12.5. The van der Waals surface area contributed by atoms with Crippen molar-refractivity contribution in [2.75, 3.05) is 17.7 Å². The SMILES string of the molecule is COc1cccc(C(=O)Nc2ccccc2NC2CCCCC2)c1. The highest BCUT2D eigenvalue weighted by Gasteiger charge is 2.15. The molecule has 0 bridgehead atoms. The average Bonchev–Trinajstić information content (AvgIpc) is 2.64. The van der Waals surface area contributed by atoms with Crippen molar-refractivity contribution in [1.82, 2.24) is 0 Å². The maximum atomic E-state index is 12.5. The molecule has 0 spiro atoms. The quantitative estimate of drug-likeness (QED) is 0.838. The highest BCUT2D eigenvalue weighted by molar-refractivity contribution is 6.06. The zero-order valence-corrected chi connectivity index (χ0v) is 14.0. The fraction of sp³-hybridized carbons (Fsp3) is 0.350. The lowest BCUT2D eigenvalue weighted by Crippen LogP contribution is -2.23. The van der Waals surface area contributed by atoms with Crippen LogP contribution >= 0.6 is 0 Å². The van der Waals surface area contributed by atoms with Crippen molar-refractivity contribution in [3.63, 3.8) is 0 Å². The van der Waals surface area contributed by atoms with Crippen LogP contribution in [-0.2, 0) is 0 Å². The molecule has 24 heavy (non-hydrogen) atoms. The molecular weight excluding hydrogens is 300 g/mol. The normalized spacial score (nSPS) is 14.9.